The predicted molar refractivity (Wildman–Crippen MR) is 61.2 cm³/mol. The highest BCUT2D eigenvalue weighted by Gasteiger charge is 2.04. The molecule has 0 saturated heterocycles. The van der Waals surface area contributed by atoms with Crippen LogP contribution in [0.3, 0.4) is 0 Å². The molecule has 1 N–H and O–H groups in total. The van der Waals surface area contributed by atoms with Gasteiger partial charge in [-0.15, -0.1) is 0 Å². The summed E-state index contributed by atoms with van der Waals surface area (Å²) in [6.07, 6.45) is 5.34. The molecule has 3 rings (SSSR count). The van der Waals surface area contributed by atoms with Crippen molar-refractivity contribution in [3.63, 3.8) is 0 Å². The molecule has 3 aromatic rings. The number of fused-ring (bicyclic) bond motifs is 1. The third-order valence-electron chi connectivity index (χ3n) is 2.47. The number of rotatable bonds is 1. The second-order valence-corrected chi connectivity index (χ2v) is 3.51. The molecule has 0 saturated carbocycles. The summed E-state index contributed by atoms with van der Waals surface area (Å²) in [5.41, 5.74) is 2.58. The van der Waals surface area contributed by atoms with Crippen molar-refractivity contribution in [2.45, 2.75) is 0 Å². The second-order valence-electron chi connectivity index (χ2n) is 3.51. The van der Waals surface area contributed by atoms with Gasteiger partial charge in [0.2, 0.25) is 0 Å². The molecule has 78 valence electrons. The van der Waals surface area contributed by atoms with E-state index in [1.165, 1.54) is 6.07 Å². The van der Waals surface area contributed by atoms with Crippen LogP contribution in [0.2, 0.25) is 0 Å². The Kier molecular flexibility index (Phi) is 1.86. The SMILES string of the molecule is O=c1ccn2c(-c3ccccn3)c[nH]c2c1. The average molecular weight is 211 g/mol. The lowest BCUT2D eigenvalue weighted by molar-refractivity contribution is 1.16. The van der Waals surface area contributed by atoms with Gasteiger partial charge >= 0.3 is 0 Å². The van der Waals surface area contributed by atoms with Crippen LogP contribution in [0, 0.1) is 0 Å². The van der Waals surface area contributed by atoms with Crippen molar-refractivity contribution < 1.29 is 0 Å². The van der Waals surface area contributed by atoms with Crippen LogP contribution < -0.4 is 5.43 Å². The zero-order valence-corrected chi connectivity index (χ0v) is 8.42. The van der Waals surface area contributed by atoms with Gasteiger partial charge in [0.1, 0.15) is 5.65 Å². The van der Waals surface area contributed by atoms with Crippen LogP contribution in [0.5, 0.6) is 0 Å². The molecule has 4 nitrogen and oxygen atoms in total. The molecule has 0 fully saturated rings. The van der Waals surface area contributed by atoms with Crippen LogP contribution in [-0.2, 0) is 0 Å². The topological polar surface area (TPSA) is 50.2 Å². The number of H-pyrrole nitrogens is 1. The van der Waals surface area contributed by atoms with Crippen LogP contribution in [0.25, 0.3) is 17.0 Å². The molecule has 0 unspecified atom stereocenters. The zero-order chi connectivity index (χ0) is 11.0. The first-order valence-electron chi connectivity index (χ1n) is 4.96. The number of aromatic nitrogens is 3. The molecule has 4 heteroatoms. The first kappa shape index (κ1) is 8.91. The molecule has 0 radical (unpaired) electrons. The highest BCUT2D eigenvalue weighted by molar-refractivity contribution is 5.59. The van der Waals surface area contributed by atoms with E-state index < -0.39 is 0 Å². The first-order valence-corrected chi connectivity index (χ1v) is 4.96. The Bertz CT molecular complexity index is 682. The number of pyridine rings is 2. The van der Waals surface area contributed by atoms with Gasteiger partial charge in [0.05, 0.1) is 11.4 Å². The summed E-state index contributed by atoms with van der Waals surface area (Å²) in [7, 11) is 0. The van der Waals surface area contributed by atoms with Crippen LogP contribution in [-0.4, -0.2) is 14.4 Å². The van der Waals surface area contributed by atoms with Gasteiger partial charge in [-0.25, -0.2) is 0 Å². The Labute approximate surface area is 91.2 Å². The van der Waals surface area contributed by atoms with Gasteiger partial charge in [-0.3, -0.25) is 14.2 Å². The van der Waals surface area contributed by atoms with Gasteiger partial charge in [-0.1, -0.05) is 6.07 Å². The normalized spacial score (nSPS) is 10.8. The van der Waals surface area contributed by atoms with Crippen molar-refractivity contribution in [2.24, 2.45) is 0 Å². The number of imidazole rings is 1. The van der Waals surface area contributed by atoms with Crippen LogP contribution in [0.15, 0.2) is 53.7 Å². The minimum Gasteiger partial charge on any atom is -0.345 e. The van der Waals surface area contributed by atoms with E-state index in [1.54, 1.807) is 18.5 Å². The molecule has 0 aliphatic rings. The van der Waals surface area contributed by atoms with Gasteiger partial charge in [0.15, 0.2) is 5.43 Å². The molecule has 0 aromatic carbocycles. The van der Waals surface area contributed by atoms with Gasteiger partial charge in [0, 0.05) is 30.7 Å². The molecule has 0 bridgehead atoms. The van der Waals surface area contributed by atoms with E-state index in [9.17, 15) is 4.79 Å². The van der Waals surface area contributed by atoms with Crippen molar-refractivity contribution >= 4 is 5.65 Å². The van der Waals surface area contributed by atoms with Gasteiger partial charge in [0.25, 0.3) is 0 Å². The van der Waals surface area contributed by atoms with E-state index >= 15 is 0 Å². The van der Waals surface area contributed by atoms with Crippen molar-refractivity contribution in [1.82, 2.24) is 14.4 Å². The number of nitrogens with zero attached hydrogens (tertiary/aromatic N) is 2. The molecule has 0 atom stereocenters. The molecule has 3 heterocycles. The third kappa shape index (κ3) is 1.32. The minimum absolute atomic E-state index is 0.00517. The predicted octanol–water partition coefficient (Wildman–Crippen LogP) is 1.69. The average Bonchev–Trinajstić information content (AvgIpc) is 2.73. The Morgan fingerprint density at radius 1 is 1.25 bits per heavy atom. The van der Waals surface area contributed by atoms with Gasteiger partial charge in [-0.05, 0) is 12.1 Å². The summed E-state index contributed by atoms with van der Waals surface area (Å²) in [5, 5.41) is 0. The van der Waals surface area contributed by atoms with E-state index in [2.05, 4.69) is 9.97 Å². The van der Waals surface area contributed by atoms with Crippen molar-refractivity contribution in [3.8, 4) is 11.4 Å². The smallest absolute Gasteiger partial charge is 0.183 e. The summed E-state index contributed by atoms with van der Waals surface area (Å²) < 4.78 is 1.91. The molecule has 0 aliphatic carbocycles. The standard InChI is InChI=1S/C12H9N3O/c16-9-4-6-15-11(8-14-12(15)7-9)10-3-1-2-5-13-10/h1-8,14H. The van der Waals surface area contributed by atoms with E-state index in [0.29, 0.717) is 0 Å². The summed E-state index contributed by atoms with van der Waals surface area (Å²) in [5.74, 6) is 0. The maximum atomic E-state index is 11.2. The highest BCUT2D eigenvalue weighted by Crippen LogP contribution is 2.16. The van der Waals surface area contributed by atoms with Gasteiger partial charge in [-0.2, -0.15) is 0 Å². The Morgan fingerprint density at radius 3 is 3.00 bits per heavy atom. The fourth-order valence-electron chi connectivity index (χ4n) is 1.73. The van der Waals surface area contributed by atoms with E-state index in [1.807, 2.05) is 28.8 Å². The van der Waals surface area contributed by atoms with Crippen LogP contribution in [0.1, 0.15) is 0 Å². The maximum Gasteiger partial charge on any atom is 0.183 e. The lowest BCUT2D eigenvalue weighted by Gasteiger charge is -1.99. The molecule has 0 aliphatic heterocycles. The van der Waals surface area contributed by atoms with E-state index in [0.717, 1.165) is 17.0 Å². The van der Waals surface area contributed by atoms with Crippen molar-refractivity contribution in [1.29, 1.82) is 0 Å². The quantitative estimate of drug-likeness (QED) is 0.665. The van der Waals surface area contributed by atoms with E-state index in [-0.39, 0.29) is 5.43 Å². The number of nitrogens with one attached hydrogen (secondary N) is 1. The Hall–Kier alpha value is -2.36. The van der Waals surface area contributed by atoms with Crippen molar-refractivity contribution in [2.75, 3.05) is 0 Å². The van der Waals surface area contributed by atoms with Gasteiger partial charge < -0.3 is 4.98 Å². The largest absolute Gasteiger partial charge is 0.345 e. The number of hydrogen-bond acceptors (Lipinski definition) is 2. The molecule has 16 heavy (non-hydrogen) atoms. The fraction of sp³-hybridized carbons (Fsp3) is 0. The fourth-order valence-corrected chi connectivity index (χ4v) is 1.73. The monoisotopic (exact) mass is 211 g/mol. The molecule has 0 amide bonds. The molecule has 3 aromatic heterocycles. The first-order chi connectivity index (χ1) is 7.84. The summed E-state index contributed by atoms with van der Waals surface area (Å²) >= 11 is 0. The minimum atomic E-state index is -0.00517. The van der Waals surface area contributed by atoms with Crippen molar-refractivity contribution in [3.05, 3.63) is 59.1 Å². The number of aromatic amines is 1. The number of hydrogen-bond donors (Lipinski definition) is 1. The summed E-state index contributed by atoms with van der Waals surface area (Å²) in [6.45, 7) is 0. The van der Waals surface area contributed by atoms with Crippen LogP contribution in [0.4, 0.5) is 0 Å². The highest BCUT2D eigenvalue weighted by atomic mass is 16.1. The zero-order valence-electron chi connectivity index (χ0n) is 8.42. The summed E-state index contributed by atoms with van der Waals surface area (Å²) in [6, 6.07) is 8.84. The lowest BCUT2D eigenvalue weighted by atomic mass is 10.3. The Morgan fingerprint density at radius 2 is 2.19 bits per heavy atom. The van der Waals surface area contributed by atoms with E-state index in [4.69, 9.17) is 0 Å². The molecule has 0 spiro atoms. The second kappa shape index (κ2) is 3.34. The lowest BCUT2D eigenvalue weighted by Crippen LogP contribution is -1.99. The third-order valence-corrected chi connectivity index (χ3v) is 2.47. The Balaban J connectivity index is 2.30. The maximum absolute atomic E-state index is 11.2. The summed E-state index contributed by atoms with van der Waals surface area (Å²) in [4.78, 5) is 18.5. The molecular weight excluding hydrogens is 202 g/mol. The molecular formula is C12H9N3O. The van der Waals surface area contributed by atoms with Crippen LogP contribution >= 0.6 is 0 Å².